The number of amides is 2. The fraction of sp³-hybridized carbons (Fsp3) is 0.188. The van der Waals surface area contributed by atoms with Crippen LogP contribution in [0.2, 0.25) is 0 Å². The van der Waals surface area contributed by atoms with Crippen molar-refractivity contribution in [2.45, 2.75) is 20.3 Å². The van der Waals surface area contributed by atoms with Gasteiger partial charge in [0.15, 0.2) is 0 Å². The van der Waals surface area contributed by atoms with Gasteiger partial charge in [0.2, 0.25) is 0 Å². The van der Waals surface area contributed by atoms with Crippen LogP contribution in [0.5, 0.6) is 0 Å². The normalized spacial score (nSPS) is 10.0. The predicted molar refractivity (Wildman–Crippen MR) is 79.6 cm³/mol. The van der Waals surface area contributed by atoms with E-state index in [2.05, 4.69) is 17.6 Å². The van der Waals surface area contributed by atoms with Crippen LogP contribution < -0.4 is 10.6 Å². The summed E-state index contributed by atoms with van der Waals surface area (Å²) in [6.07, 6.45) is 0.996. The molecule has 98 valence electrons. The highest BCUT2D eigenvalue weighted by Crippen LogP contribution is 2.12. The van der Waals surface area contributed by atoms with Crippen molar-refractivity contribution in [3.8, 4) is 0 Å². The molecule has 0 aliphatic rings. The van der Waals surface area contributed by atoms with Crippen LogP contribution in [0.25, 0.3) is 0 Å². The summed E-state index contributed by atoms with van der Waals surface area (Å²) in [6, 6.07) is 15.3. The van der Waals surface area contributed by atoms with Crippen molar-refractivity contribution in [2.75, 3.05) is 10.6 Å². The number of carbonyl (C=O) groups excluding carboxylic acids is 1. The Labute approximate surface area is 113 Å². The van der Waals surface area contributed by atoms with Crippen LogP contribution in [-0.4, -0.2) is 6.03 Å². The third kappa shape index (κ3) is 3.85. The number of urea groups is 1. The number of benzene rings is 2. The van der Waals surface area contributed by atoms with E-state index in [1.54, 1.807) is 0 Å². The lowest BCUT2D eigenvalue weighted by Crippen LogP contribution is -2.19. The standard InChI is InChI=1S/C16H18N2O/c1-3-13-7-9-14(10-8-13)17-16(19)18-15-6-4-5-12(2)11-15/h4-11H,3H2,1-2H3,(H2,17,18,19). The van der Waals surface area contributed by atoms with Crippen LogP contribution in [0.1, 0.15) is 18.1 Å². The Balaban J connectivity index is 1.97. The van der Waals surface area contributed by atoms with Crippen molar-refractivity contribution in [1.82, 2.24) is 0 Å². The summed E-state index contributed by atoms with van der Waals surface area (Å²) in [7, 11) is 0. The van der Waals surface area contributed by atoms with E-state index in [1.165, 1.54) is 5.56 Å². The third-order valence-corrected chi connectivity index (χ3v) is 2.90. The maximum atomic E-state index is 11.8. The average Bonchev–Trinajstić information content (AvgIpc) is 2.39. The van der Waals surface area contributed by atoms with Gasteiger partial charge in [-0.15, -0.1) is 0 Å². The number of nitrogens with one attached hydrogen (secondary N) is 2. The lowest BCUT2D eigenvalue weighted by Gasteiger charge is -2.08. The van der Waals surface area contributed by atoms with Gasteiger partial charge in [-0.2, -0.15) is 0 Å². The molecule has 3 nitrogen and oxygen atoms in total. The van der Waals surface area contributed by atoms with Crippen LogP contribution in [-0.2, 0) is 6.42 Å². The van der Waals surface area contributed by atoms with Gasteiger partial charge in [0, 0.05) is 11.4 Å². The molecule has 0 saturated carbocycles. The molecule has 0 fully saturated rings. The van der Waals surface area contributed by atoms with Gasteiger partial charge >= 0.3 is 6.03 Å². The van der Waals surface area contributed by atoms with E-state index >= 15 is 0 Å². The molecule has 2 aromatic rings. The minimum Gasteiger partial charge on any atom is -0.308 e. The average molecular weight is 254 g/mol. The maximum Gasteiger partial charge on any atom is 0.323 e. The van der Waals surface area contributed by atoms with E-state index in [1.807, 2.05) is 55.5 Å². The first-order chi connectivity index (χ1) is 9.17. The molecule has 0 aromatic heterocycles. The molecule has 2 N–H and O–H groups in total. The van der Waals surface area contributed by atoms with Crippen LogP contribution in [0.15, 0.2) is 48.5 Å². The summed E-state index contributed by atoms with van der Waals surface area (Å²) in [5, 5.41) is 5.62. The van der Waals surface area contributed by atoms with Crippen molar-refractivity contribution < 1.29 is 4.79 Å². The number of hydrogen-bond donors (Lipinski definition) is 2. The van der Waals surface area contributed by atoms with Crippen LogP contribution in [0.4, 0.5) is 16.2 Å². The molecular weight excluding hydrogens is 236 g/mol. The highest BCUT2D eigenvalue weighted by atomic mass is 16.2. The molecular formula is C16H18N2O. The number of hydrogen-bond acceptors (Lipinski definition) is 1. The lowest BCUT2D eigenvalue weighted by molar-refractivity contribution is 0.262. The fourth-order valence-electron chi connectivity index (χ4n) is 1.84. The van der Waals surface area contributed by atoms with E-state index < -0.39 is 0 Å². The summed E-state index contributed by atoms with van der Waals surface area (Å²) in [5.41, 5.74) is 3.96. The van der Waals surface area contributed by atoms with Gasteiger partial charge in [-0.25, -0.2) is 4.79 Å². The van der Waals surface area contributed by atoms with Gasteiger partial charge in [-0.3, -0.25) is 0 Å². The zero-order valence-corrected chi connectivity index (χ0v) is 11.2. The molecule has 0 bridgehead atoms. The van der Waals surface area contributed by atoms with Crippen LogP contribution >= 0.6 is 0 Å². The van der Waals surface area contributed by atoms with Crippen LogP contribution in [0, 0.1) is 6.92 Å². The smallest absolute Gasteiger partial charge is 0.308 e. The van der Waals surface area contributed by atoms with Gasteiger partial charge in [-0.05, 0) is 48.7 Å². The highest BCUT2D eigenvalue weighted by molar-refractivity contribution is 5.99. The third-order valence-electron chi connectivity index (χ3n) is 2.90. The highest BCUT2D eigenvalue weighted by Gasteiger charge is 2.02. The van der Waals surface area contributed by atoms with Gasteiger partial charge < -0.3 is 10.6 Å². The number of rotatable bonds is 3. The molecule has 2 aromatic carbocycles. The molecule has 2 rings (SSSR count). The maximum absolute atomic E-state index is 11.8. The van der Waals surface area contributed by atoms with Crippen molar-refractivity contribution in [2.24, 2.45) is 0 Å². The molecule has 0 spiro atoms. The summed E-state index contributed by atoms with van der Waals surface area (Å²) in [5.74, 6) is 0. The zero-order chi connectivity index (χ0) is 13.7. The van der Waals surface area contributed by atoms with Crippen molar-refractivity contribution >= 4 is 17.4 Å². The Morgan fingerprint density at radius 3 is 2.32 bits per heavy atom. The largest absolute Gasteiger partial charge is 0.323 e. The Kier molecular flexibility index (Phi) is 4.18. The second-order valence-electron chi connectivity index (χ2n) is 4.50. The van der Waals surface area contributed by atoms with Gasteiger partial charge in [-0.1, -0.05) is 31.2 Å². The van der Waals surface area contributed by atoms with E-state index in [0.717, 1.165) is 23.4 Å². The molecule has 0 atom stereocenters. The molecule has 19 heavy (non-hydrogen) atoms. The van der Waals surface area contributed by atoms with E-state index in [9.17, 15) is 4.79 Å². The Morgan fingerprint density at radius 1 is 1.00 bits per heavy atom. The monoisotopic (exact) mass is 254 g/mol. The molecule has 0 saturated heterocycles. The van der Waals surface area contributed by atoms with Gasteiger partial charge in [0.1, 0.15) is 0 Å². The zero-order valence-electron chi connectivity index (χ0n) is 11.2. The topological polar surface area (TPSA) is 41.1 Å². The summed E-state index contributed by atoms with van der Waals surface area (Å²) >= 11 is 0. The second-order valence-corrected chi connectivity index (χ2v) is 4.50. The quantitative estimate of drug-likeness (QED) is 0.846. The SMILES string of the molecule is CCc1ccc(NC(=O)Nc2cccc(C)c2)cc1. The summed E-state index contributed by atoms with van der Waals surface area (Å²) < 4.78 is 0. The first-order valence-corrected chi connectivity index (χ1v) is 6.41. The molecule has 2 amide bonds. The molecule has 0 heterocycles. The van der Waals surface area contributed by atoms with E-state index in [0.29, 0.717) is 0 Å². The van der Waals surface area contributed by atoms with Gasteiger partial charge in [0.05, 0.1) is 0 Å². The van der Waals surface area contributed by atoms with Crippen molar-refractivity contribution in [1.29, 1.82) is 0 Å². The second kappa shape index (κ2) is 6.05. The number of anilines is 2. The predicted octanol–water partition coefficient (Wildman–Crippen LogP) is 4.20. The lowest BCUT2D eigenvalue weighted by atomic mass is 10.1. The Bertz CT molecular complexity index is 561. The van der Waals surface area contributed by atoms with Crippen LogP contribution in [0.3, 0.4) is 0 Å². The number of aryl methyl sites for hydroxylation is 2. The van der Waals surface area contributed by atoms with Gasteiger partial charge in [0.25, 0.3) is 0 Å². The summed E-state index contributed by atoms with van der Waals surface area (Å²) in [4.78, 5) is 11.8. The molecule has 0 aliphatic heterocycles. The first kappa shape index (κ1) is 13.1. The molecule has 0 radical (unpaired) electrons. The van der Waals surface area contributed by atoms with E-state index in [-0.39, 0.29) is 6.03 Å². The first-order valence-electron chi connectivity index (χ1n) is 6.41. The summed E-state index contributed by atoms with van der Waals surface area (Å²) in [6.45, 7) is 4.10. The fourth-order valence-corrected chi connectivity index (χ4v) is 1.84. The van der Waals surface area contributed by atoms with Crippen molar-refractivity contribution in [3.63, 3.8) is 0 Å². The minimum atomic E-state index is -0.227. The Morgan fingerprint density at radius 2 is 1.68 bits per heavy atom. The molecule has 0 unspecified atom stereocenters. The molecule has 0 aliphatic carbocycles. The Hall–Kier alpha value is -2.29. The minimum absolute atomic E-state index is 0.227. The van der Waals surface area contributed by atoms with E-state index in [4.69, 9.17) is 0 Å². The number of carbonyl (C=O) groups is 1. The van der Waals surface area contributed by atoms with Crippen molar-refractivity contribution in [3.05, 3.63) is 59.7 Å². The molecule has 3 heteroatoms.